The maximum absolute atomic E-state index is 12.4. The average Bonchev–Trinajstić information content (AvgIpc) is 3.25. The Hall–Kier alpha value is -2.34. The maximum atomic E-state index is 12.4. The van der Waals surface area contributed by atoms with Gasteiger partial charge in [0.05, 0.1) is 12.8 Å². The van der Waals surface area contributed by atoms with E-state index >= 15 is 0 Å². The second-order valence-electron chi connectivity index (χ2n) is 7.36. The van der Waals surface area contributed by atoms with Crippen LogP contribution in [0, 0.1) is 5.92 Å². The van der Waals surface area contributed by atoms with Gasteiger partial charge in [-0.25, -0.2) is 0 Å². The van der Waals surface area contributed by atoms with E-state index in [2.05, 4.69) is 22.5 Å². The third-order valence-electron chi connectivity index (χ3n) is 5.65. The molecule has 4 rings (SSSR count). The Balaban J connectivity index is 1.44. The predicted octanol–water partition coefficient (Wildman–Crippen LogP) is 2.02. The molecule has 26 heavy (non-hydrogen) atoms. The van der Waals surface area contributed by atoms with Crippen LogP contribution in [-0.2, 0) is 11.8 Å². The molecular formula is C20H26N4O2. The molecule has 3 heterocycles. The summed E-state index contributed by atoms with van der Waals surface area (Å²) >= 11 is 0. The van der Waals surface area contributed by atoms with Crippen molar-refractivity contribution in [3.05, 3.63) is 36.0 Å². The number of aryl methyl sites for hydroxylation is 1. The van der Waals surface area contributed by atoms with Gasteiger partial charge in [-0.3, -0.25) is 9.48 Å². The maximum Gasteiger partial charge on any atom is 0.222 e. The van der Waals surface area contributed by atoms with Gasteiger partial charge in [0.2, 0.25) is 5.91 Å². The molecule has 0 spiro atoms. The monoisotopic (exact) mass is 354 g/mol. The first kappa shape index (κ1) is 17.1. The minimum Gasteiger partial charge on any atom is -0.496 e. The number of nitrogens with one attached hydrogen (secondary N) is 1. The molecule has 1 atom stereocenters. The lowest BCUT2D eigenvalue weighted by atomic mass is 9.89. The van der Waals surface area contributed by atoms with Crippen LogP contribution in [0.3, 0.4) is 0 Å². The molecule has 0 aliphatic carbocycles. The molecule has 6 nitrogen and oxygen atoms in total. The number of benzene rings is 1. The molecule has 1 N–H and O–H groups in total. The van der Waals surface area contributed by atoms with E-state index in [1.807, 2.05) is 28.8 Å². The number of hydrogen-bond donors (Lipinski definition) is 1. The van der Waals surface area contributed by atoms with E-state index in [1.165, 1.54) is 5.56 Å². The molecule has 0 unspecified atom stereocenters. The summed E-state index contributed by atoms with van der Waals surface area (Å²) < 4.78 is 7.39. The number of carbonyl (C=O) groups is 1. The van der Waals surface area contributed by atoms with Crippen LogP contribution < -0.4 is 10.1 Å². The molecule has 0 saturated carbocycles. The summed E-state index contributed by atoms with van der Waals surface area (Å²) in [7, 11) is 3.62. The van der Waals surface area contributed by atoms with Crippen molar-refractivity contribution in [1.29, 1.82) is 0 Å². The number of likely N-dealkylation sites (tertiary alicyclic amines) is 1. The quantitative estimate of drug-likeness (QED) is 0.892. The van der Waals surface area contributed by atoms with Gasteiger partial charge in [0, 0.05) is 44.2 Å². The number of nitrogens with zero attached hydrogens (tertiary/aromatic N) is 3. The van der Waals surface area contributed by atoms with Crippen LogP contribution in [0.15, 0.2) is 30.5 Å². The molecule has 6 heteroatoms. The molecule has 1 aromatic carbocycles. The highest BCUT2D eigenvalue weighted by Crippen LogP contribution is 2.35. The molecule has 1 amide bonds. The van der Waals surface area contributed by atoms with Crippen molar-refractivity contribution in [1.82, 2.24) is 20.0 Å². The van der Waals surface area contributed by atoms with E-state index in [0.717, 1.165) is 49.6 Å². The number of amides is 1. The average molecular weight is 354 g/mol. The molecule has 138 valence electrons. The van der Waals surface area contributed by atoms with Crippen molar-refractivity contribution < 1.29 is 9.53 Å². The molecule has 0 radical (unpaired) electrons. The SMILES string of the molecule is COc1ccc(C2CN(C(=O)C[C@@H]3CCNC3)C2)cc1-c1ccnn1C. The van der Waals surface area contributed by atoms with Gasteiger partial charge in [-0.2, -0.15) is 5.10 Å². The first-order valence-corrected chi connectivity index (χ1v) is 9.30. The second-order valence-corrected chi connectivity index (χ2v) is 7.36. The van der Waals surface area contributed by atoms with Crippen LogP contribution in [0.25, 0.3) is 11.3 Å². The van der Waals surface area contributed by atoms with Crippen LogP contribution in [0.4, 0.5) is 0 Å². The predicted molar refractivity (Wildman–Crippen MR) is 100 cm³/mol. The van der Waals surface area contributed by atoms with Crippen molar-refractivity contribution in [3.8, 4) is 17.0 Å². The Morgan fingerprint density at radius 3 is 2.85 bits per heavy atom. The van der Waals surface area contributed by atoms with Gasteiger partial charge in [0.15, 0.2) is 0 Å². The van der Waals surface area contributed by atoms with Crippen LogP contribution in [0.1, 0.15) is 24.3 Å². The topological polar surface area (TPSA) is 59.4 Å². The zero-order chi connectivity index (χ0) is 18.1. The van der Waals surface area contributed by atoms with Gasteiger partial charge in [-0.05, 0) is 49.2 Å². The highest BCUT2D eigenvalue weighted by atomic mass is 16.5. The Bertz CT molecular complexity index is 789. The molecule has 2 fully saturated rings. The van der Waals surface area contributed by atoms with Gasteiger partial charge >= 0.3 is 0 Å². The largest absolute Gasteiger partial charge is 0.496 e. The van der Waals surface area contributed by atoms with E-state index in [9.17, 15) is 4.79 Å². The van der Waals surface area contributed by atoms with Crippen molar-refractivity contribution in [2.45, 2.75) is 18.8 Å². The first-order valence-electron chi connectivity index (χ1n) is 9.30. The number of carbonyl (C=O) groups excluding carboxylic acids is 1. The lowest BCUT2D eigenvalue weighted by Crippen LogP contribution is -2.49. The standard InChI is InChI=1S/C20H26N4O2/c1-23-18(6-8-22-23)17-10-15(3-4-19(17)26-2)16-12-24(13-16)20(25)9-14-5-7-21-11-14/h3-4,6,8,10,14,16,21H,5,7,9,11-13H2,1-2H3/t14-/m0/s1. The minimum atomic E-state index is 0.301. The first-order chi connectivity index (χ1) is 12.7. The lowest BCUT2D eigenvalue weighted by molar-refractivity contribution is -0.136. The van der Waals surface area contributed by atoms with E-state index in [1.54, 1.807) is 13.3 Å². The van der Waals surface area contributed by atoms with Crippen LogP contribution in [0.2, 0.25) is 0 Å². The summed E-state index contributed by atoms with van der Waals surface area (Å²) in [4.78, 5) is 14.4. The number of aromatic nitrogens is 2. The summed E-state index contributed by atoms with van der Waals surface area (Å²) in [6.07, 6.45) is 3.60. The van der Waals surface area contributed by atoms with Gasteiger partial charge in [-0.15, -0.1) is 0 Å². The Morgan fingerprint density at radius 2 is 2.19 bits per heavy atom. The lowest BCUT2D eigenvalue weighted by Gasteiger charge is -2.40. The zero-order valence-corrected chi connectivity index (χ0v) is 15.4. The normalized spacial score (nSPS) is 20.2. The Morgan fingerprint density at radius 1 is 1.35 bits per heavy atom. The van der Waals surface area contributed by atoms with E-state index in [0.29, 0.717) is 24.2 Å². The van der Waals surface area contributed by atoms with Crippen molar-refractivity contribution >= 4 is 5.91 Å². The summed E-state index contributed by atoms with van der Waals surface area (Å²) in [5.41, 5.74) is 3.34. The second kappa shape index (κ2) is 7.11. The van der Waals surface area contributed by atoms with Gasteiger partial charge in [0.1, 0.15) is 5.75 Å². The smallest absolute Gasteiger partial charge is 0.222 e. The molecule has 2 saturated heterocycles. The molecule has 2 aliphatic rings. The highest BCUT2D eigenvalue weighted by molar-refractivity contribution is 5.78. The summed E-state index contributed by atoms with van der Waals surface area (Å²) in [5.74, 6) is 2.06. The highest BCUT2D eigenvalue weighted by Gasteiger charge is 2.33. The third-order valence-corrected chi connectivity index (χ3v) is 5.65. The van der Waals surface area contributed by atoms with Gasteiger partial charge in [0.25, 0.3) is 0 Å². The fraction of sp³-hybridized carbons (Fsp3) is 0.500. The number of hydrogen-bond acceptors (Lipinski definition) is 4. The molecule has 0 bridgehead atoms. The molecular weight excluding hydrogens is 328 g/mol. The number of methoxy groups -OCH3 is 1. The van der Waals surface area contributed by atoms with Crippen LogP contribution in [-0.4, -0.2) is 53.9 Å². The Labute approximate surface area is 154 Å². The van der Waals surface area contributed by atoms with Gasteiger partial charge < -0.3 is 15.0 Å². The fourth-order valence-corrected chi connectivity index (χ4v) is 3.98. The summed E-state index contributed by atoms with van der Waals surface area (Å²) in [6.45, 7) is 3.66. The van der Waals surface area contributed by atoms with Crippen molar-refractivity contribution in [3.63, 3.8) is 0 Å². The molecule has 2 aromatic rings. The number of rotatable bonds is 5. The van der Waals surface area contributed by atoms with E-state index in [-0.39, 0.29) is 0 Å². The van der Waals surface area contributed by atoms with Gasteiger partial charge in [-0.1, -0.05) is 6.07 Å². The van der Waals surface area contributed by atoms with E-state index in [4.69, 9.17) is 4.74 Å². The molecule has 2 aliphatic heterocycles. The van der Waals surface area contributed by atoms with Crippen molar-refractivity contribution in [2.75, 3.05) is 33.3 Å². The molecule has 1 aromatic heterocycles. The van der Waals surface area contributed by atoms with Crippen LogP contribution in [0.5, 0.6) is 5.75 Å². The van der Waals surface area contributed by atoms with Crippen LogP contribution >= 0.6 is 0 Å². The summed E-state index contributed by atoms with van der Waals surface area (Å²) in [6, 6.07) is 8.31. The Kier molecular flexibility index (Phi) is 4.68. The fourth-order valence-electron chi connectivity index (χ4n) is 3.98. The zero-order valence-electron chi connectivity index (χ0n) is 15.4. The number of ether oxygens (including phenoxy) is 1. The van der Waals surface area contributed by atoms with Crippen molar-refractivity contribution in [2.24, 2.45) is 13.0 Å². The third kappa shape index (κ3) is 3.21. The summed E-state index contributed by atoms with van der Waals surface area (Å²) in [5, 5.41) is 7.60. The van der Waals surface area contributed by atoms with E-state index < -0.39 is 0 Å². The minimum absolute atomic E-state index is 0.301.